The second-order valence-electron chi connectivity index (χ2n) is 6.14. The molecule has 0 aliphatic carbocycles. The predicted octanol–water partition coefficient (Wildman–Crippen LogP) is 3.60. The van der Waals surface area contributed by atoms with Crippen LogP contribution < -0.4 is 10.0 Å². The van der Waals surface area contributed by atoms with Gasteiger partial charge in [-0.1, -0.05) is 28.1 Å². The van der Waals surface area contributed by atoms with Crippen molar-refractivity contribution in [2.24, 2.45) is 0 Å². The summed E-state index contributed by atoms with van der Waals surface area (Å²) in [6.45, 7) is 3.62. The first-order valence-corrected chi connectivity index (χ1v) is 10.5. The van der Waals surface area contributed by atoms with E-state index in [4.69, 9.17) is 0 Å². The van der Waals surface area contributed by atoms with Crippen LogP contribution in [0.25, 0.3) is 6.08 Å². The minimum Gasteiger partial charge on any atom is -0.348 e. The molecule has 5 nitrogen and oxygen atoms in total. The van der Waals surface area contributed by atoms with Gasteiger partial charge in [0.25, 0.3) is 0 Å². The van der Waals surface area contributed by atoms with E-state index < -0.39 is 21.7 Å². The van der Waals surface area contributed by atoms with Crippen LogP contribution in [0, 0.1) is 5.82 Å². The van der Waals surface area contributed by atoms with E-state index in [1.54, 1.807) is 38.1 Å². The monoisotopic (exact) mass is 454 g/mol. The fraction of sp³-hybridized carbons (Fsp3) is 0.211. The SMILES string of the molecule is CC(C)NS(=O)(=O)c1cccc(CNC(=O)/C=C/c2cc(Br)ccc2F)c1. The van der Waals surface area contributed by atoms with Crippen LogP contribution in [0.4, 0.5) is 4.39 Å². The summed E-state index contributed by atoms with van der Waals surface area (Å²) in [5, 5.41) is 2.65. The fourth-order valence-corrected chi connectivity index (χ4v) is 3.96. The Morgan fingerprint density at radius 3 is 2.67 bits per heavy atom. The number of nitrogens with one attached hydrogen (secondary N) is 2. The first kappa shape index (κ1) is 21.3. The third-order valence-corrected chi connectivity index (χ3v) is 5.59. The van der Waals surface area contributed by atoms with Gasteiger partial charge in [0.15, 0.2) is 0 Å². The number of carbonyl (C=O) groups is 1. The normalized spacial score (nSPS) is 11.9. The predicted molar refractivity (Wildman–Crippen MR) is 107 cm³/mol. The number of benzene rings is 2. The van der Waals surface area contributed by atoms with Crippen molar-refractivity contribution in [1.29, 1.82) is 0 Å². The molecule has 0 saturated heterocycles. The summed E-state index contributed by atoms with van der Waals surface area (Å²) >= 11 is 3.25. The second-order valence-corrected chi connectivity index (χ2v) is 8.77. The van der Waals surface area contributed by atoms with Crippen LogP contribution in [0.15, 0.2) is 57.9 Å². The molecule has 2 N–H and O–H groups in total. The molecule has 144 valence electrons. The van der Waals surface area contributed by atoms with Gasteiger partial charge in [0, 0.05) is 28.7 Å². The van der Waals surface area contributed by atoms with Gasteiger partial charge in [0.1, 0.15) is 5.82 Å². The van der Waals surface area contributed by atoms with Crippen molar-refractivity contribution in [3.05, 3.63) is 70.0 Å². The lowest BCUT2D eigenvalue weighted by molar-refractivity contribution is -0.116. The van der Waals surface area contributed by atoms with E-state index in [1.165, 1.54) is 30.4 Å². The Morgan fingerprint density at radius 2 is 1.96 bits per heavy atom. The average Bonchev–Trinajstić information content (AvgIpc) is 2.60. The minimum absolute atomic E-state index is 0.134. The minimum atomic E-state index is -3.60. The summed E-state index contributed by atoms with van der Waals surface area (Å²) in [6, 6.07) is 10.5. The van der Waals surface area contributed by atoms with Crippen LogP contribution in [0.3, 0.4) is 0 Å². The molecule has 0 fully saturated rings. The summed E-state index contributed by atoms with van der Waals surface area (Å²) < 4.78 is 41.3. The van der Waals surface area contributed by atoms with Crippen LogP contribution in [-0.4, -0.2) is 20.4 Å². The highest BCUT2D eigenvalue weighted by Crippen LogP contribution is 2.16. The van der Waals surface area contributed by atoms with Crippen molar-refractivity contribution in [1.82, 2.24) is 10.0 Å². The molecule has 8 heteroatoms. The van der Waals surface area contributed by atoms with E-state index in [1.807, 2.05) is 0 Å². The van der Waals surface area contributed by atoms with E-state index in [9.17, 15) is 17.6 Å². The summed E-state index contributed by atoms with van der Waals surface area (Å²) in [5.41, 5.74) is 0.921. The highest BCUT2D eigenvalue weighted by molar-refractivity contribution is 9.10. The number of amides is 1. The van der Waals surface area contributed by atoms with Crippen LogP contribution in [-0.2, 0) is 21.4 Å². The Kier molecular flexibility index (Phi) is 7.29. The molecule has 0 bridgehead atoms. The standard InChI is InChI=1S/C19H20BrFN2O3S/c1-13(2)23-27(25,26)17-5-3-4-14(10-17)12-22-19(24)9-6-15-11-16(20)7-8-18(15)21/h3-11,13,23H,12H2,1-2H3,(H,22,24)/b9-6+. The van der Waals surface area contributed by atoms with Crippen molar-refractivity contribution in [2.45, 2.75) is 31.3 Å². The number of sulfonamides is 1. The summed E-state index contributed by atoms with van der Waals surface area (Å²) in [6.07, 6.45) is 2.61. The first-order chi connectivity index (χ1) is 12.7. The molecule has 0 atom stereocenters. The average molecular weight is 455 g/mol. The number of carbonyl (C=O) groups excluding carboxylic acids is 1. The van der Waals surface area contributed by atoms with Crippen molar-refractivity contribution in [3.8, 4) is 0 Å². The highest BCUT2D eigenvalue weighted by atomic mass is 79.9. The fourth-order valence-electron chi connectivity index (χ4n) is 2.26. The van der Waals surface area contributed by atoms with E-state index in [0.29, 0.717) is 10.0 Å². The van der Waals surface area contributed by atoms with Crippen LogP contribution >= 0.6 is 15.9 Å². The molecule has 0 radical (unpaired) electrons. The zero-order valence-corrected chi connectivity index (χ0v) is 17.3. The summed E-state index contributed by atoms with van der Waals surface area (Å²) in [7, 11) is -3.60. The van der Waals surface area contributed by atoms with Crippen LogP contribution in [0.2, 0.25) is 0 Å². The van der Waals surface area contributed by atoms with Gasteiger partial charge in [-0.05, 0) is 55.8 Å². The summed E-state index contributed by atoms with van der Waals surface area (Å²) in [4.78, 5) is 12.1. The van der Waals surface area contributed by atoms with E-state index in [0.717, 1.165) is 0 Å². The Bertz CT molecular complexity index is 959. The lowest BCUT2D eigenvalue weighted by Gasteiger charge is -2.11. The topological polar surface area (TPSA) is 75.3 Å². The lowest BCUT2D eigenvalue weighted by atomic mass is 10.2. The van der Waals surface area contributed by atoms with Crippen molar-refractivity contribution in [2.75, 3.05) is 0 Å². The molecule has 27 heavy (non-hydrogen) atoms. The Morgan fingerprint density at radius 1 is 1.22 bits per heavy atom. The molecule has 0 aliphatic heterocycles. The van der Waals surface area contributed by atoms with Crippen LogP contribution in [0.5, 0.6) is 0 Å². The van der Waals surface area contributed by atoms with Gasteiger partial charge in [0.2, 0.25) is 15.9 Å². The molecule has 0 saturated carbocycles. The van der Waals surface area contributed by atoms with Gasteiger partial charge in [-0.25, -0.2) is 17.5 Å². The molecule has 0 aliphatic rings. The van der Waals surface area contributed by atoms with E-state index in [-0.39, 0.29) is 23.0 Å². The van der Waals surface area contributed by atoms with Gasteiger partial charge in [-0.2, -0.15) is 0 Å². The summed E-state index contributed by atoms with van der Waals surface area (Å²) in [5.74, 6) is -0.847. The second kappa shape index (κ2) is 9.25. The molecule has 2 aromatic rings. The van der Waals surface area contributed by atoms with Crippen molar-refractivity contribution in [3.63, 3.8) is 0 Å². The molecule has 0 aromatic heterocycles. The largest absolute Gasteiger partial charge is 0.348 e. The Hall–Kier alpha value is -2.03. The molecule has 0 unspecified atom stereocenters. The maximum atomic E-state index is 13.7. The van der Waals surface area contributed by atoms with Gasteiger partial charge in [-0.15, -0.1) is 0 Å². The van der Waals surface area contributed by atoms with Gasteiger partial charge in [-0.3, -0.25) is 4.79 Å². The first-order valence-electron chi connectivity index (χ1n) is 8.19. The van der Waals surface area contributed by atoms with E-state index in [2.05, 4.69) is 26.0 Å². The third-order valence-electron chi connectivity index (χ3n) is 3.44. The number of halogens is 2. The Balaban J connectivity index is 2.02. The third kappa shape index (κ3) is 6.57. The maximum Gasteiger partial charge on any atom is 0.244 e. The quantitative estimate of drug-likeness (QED) is 0.627. The van der Waals surface area contributed by atoms with Crippen LogP contribution in [0.1, 0.15) is 25.0 Å². The number of hydrogen-bond donors (Lipinski definition) is 2. The molecular weight excluding hydrogens is 435 g/mol. The molecule has 0 heterocycles. The number of rotatable bonds is 7. The van der Waals surface area contributed by atoms with Crippen molar-refractivity contribution >= 4 is 37.9 Å². The van der Waals surface area contributed by atoms with Gasteiger partial charge in [0.05, 0.1) is 4.90 Å². The Labute approximate surface area is 166 Å². The molecule has 0 spiro atoms. The number of hydrogen-bond acceptors (Lipinski definition) is 3. The zero-order chi connectivity index (χ0) is 20.0. The zero-order valence-electron chi connectivity index (χ0n) is 14.9. The smallest absolute Gasteiger partial charge is 0.244 e. The molecule has 2 rings (SSSR count). The van der Waals surface area contributed by atoms with Crippen molar-refractivity contribution < 1.29 is 17.6 Å². The van der Waals surface area contributed by atoms with E-state index >= 15 is 0 Å². The van der Waals surface area contributed by atoms with Gasteiger partial charge < -0.3 is 5.32 Å². The molecule has 2 aromatic carbocycles. The van der Waals surface area contributed by atoms with Gasteiger partial charge >= 0.3 is 0 Å². The molecule has 1 amide bonds. The molecular formula is C19H20BrFN2O3S. The maximum absolute atomic E-state index is 13.7. The highest BCUT2D eigenvalue weighted by Gasteiger charge is 2.15. The lowest BCUT2D eigenvalue weighted by Crippen LogP contribution is -2.30.